The lowest BCUT2D eigenvalue weighted by Gasteiger charge is -2.26. The van der Waals surface area contributed by atoms with Crippen LogP contribution in [0.1, 0.15) is 44.5 Å². The predicted molar refractivity (Wildman–Crippen MR) is 70.7 cm³/mol. The first-order chi connectivity index (χ1) is 9.00. The molecule has 0 aromatic heterocycles. The molecule has 0 aliphatic heterocycles. The molecule has 20 heavy (non-hydrogen) atoms. The number of Topliss-reactive ketones (excluding diaryl/α,β-unsaturated/α-hetero) is 1. The standard InChI is InChI=1S/C15H19F3O2/c1-10(14(2,3)4)9-12(19)11-7-5-6-8-13(11)20-15(16,17)18/h5-8,10H,9H2,1-4H3. The minimum Gasteiger partial charge on any atom is -0.405 e. The molecule has 0 N–H and O–H groups in total. The second-order valence-corrected chi connectivity index (χ2v) is 5.94. The second-order valence-electron chi connectivity index (χ2n) is 5.94. The number of carbonyl (C=O) groups is 1. The van der Waals surface area contributed by atoms with Gasteiger partial charge in [-0.2, -0.15) is 0 Å². The van der Waals surface area contributed by atoms with Crippen LogP contribution in [0.4, 0.5) is 13.2 Å². The van der Waals surface area contributed by atoms with Crippen LogP contribution in [0, 0.1) is 11.3 Å². The molecule has 1 rings (SSSR count). The van der Waals surface area contributed by atoms with Crippen molar-refractivity contribution in [2.45, 2.75) is 40.5 Å². The van der Waals surface area contributed by atoms with Crippen LogP contribution in [0.3, 0.4) is 0 Å². The van der Waals surface area contributed by atoms with E-state index in [-0.39, 0.29) is 29.1 Å². The van der Waals surface area contributed by atoms with Crippen molar-refractivity contribution in [1.82, 2.24) is 0 Å². The number of benzene rings is 1. The van der Waals surface area contributed by atoms with Gasteiger partial charge in [0.25, 0.3) is 0 Å². The van der Waals surface area contributed by atoms with Crippen molar-refractivity contribution in [2.75, 3.05) is 0 Å². The number of halogens is 3. The van der Waals surface area contributed by atoms with E-state index in [2.05, 4.69) is 4.74 Å². The fraction of sp³-hybridized carbons (Fsp3) is 0.533. The highest BCUT2D eigenvalue weighted by molar-refractivity contribution is 5.98. The minimum absolute atomic E-state index is 0.0269. The number of para-hydroxylation sites is 1. The fourth-order valence-electron chi connectivity index (χ4n) is 1.60. The predicted octanol–water partition coefficient (Wildman–Crippen LogP) is 4.84. The van der Waals surface area contributed by atoms with Gasteiger partial charge in [0, 0.05) is 6.42 Å². The van der Waals surface area contributed by atoms with Crippen molar-refractivity contribution >= 4 is 5.78 Å². The third-order valence-electron chi connectivity index (χ3n) is 3.38. The molecule has 112 valence electrons. The zero-order valence-electron chi connectivity index (χ0n) is 12.0. The number of ether oxygens (including phenoxy) is 1. The van der Waals surface area contributed by atoms with E-state index in [0.717, 1.165) is 6.07 Å². The average molecular weight is 288 g/mol. The van der Waals surface area contributed by atoms with E-state index in [0.29, 0.717) is 0 Å². The van der Waals surface area contributed by atoms with Crippen molar-refractivity contribution in [1.29, 1.82) is 0 Å². The molecule has 0 saturated carbocycles. The Kier molecular flexibility index (Phi) is 4.84. The van der Waals surface area contributed by atoms with Crippen LogP contribution in [-0.2, 0) is 0 Å². The van der Waals surface area contributed by atoms with Crippen molar-refractivity contribution in [3.8, 4) is 5.75 Å². The highest BCUT2D eigenvalue weighted by Crippen LogP contribution is 2.32. The van der Waals surface area contributed by atoms with E-state index in [4.69, 9.17) is 0 Å². The monoisotopic (exact) mass is 288 g/mol. The Bertz CT molecular complexity index is 473. The molecule has 1 unspecified atom stereocenters. The molecular weight excluding hydrogens is 269 g/mol. The molecule has 5 heteroatoms. The van der Waals surface area contributed by atoms with Crippen molar-refractivity contribution in [3.63, 3.8) is 0 Å². The van der Waals surface area contributed by atoms with Crippen LogP contribution >= 0.6 is 0 Å². The maximum absolute atomic E-state index is 12.3. The van der Waals surface area contributed by atoms with E-state index in [1.165, 1.54) is 18.2 Å². The summed E-state index contributed by atoms with van der Waals surface area (Å²) in [5.74, 6) is -0.729. The Morgan fingerprint density at radius 2 is 1.75 bits per heavy atom. The third-order valence-corrected chi connectivity index (χ3v) is 3.38. The molecule has 2 nitrogen and oxygen atoms in total. The van der Waals surface area contributed by atoms with E-state index in [9.17, 15) is 18.0 Å². The SMILES string of the molecule is CC(CC(=O)c1ccccc1OC(F)(F)F)C(C)(C)C. The van der Waals surface area contributed by atoms with E-state index in [1.54, 1.807) is 0 Å². The number of carbonyl (C=O) groups excluding carboxylic acids is 1. The van der Waals surface area contributed by atoms with Gasteiger partial charge in [0.05, 0.1) is 5.56 Å². The second kappa shape index (κ2) is 5.85. The number of ketones is 1. The zero-order valence-corrected chi connectivity index (χ0v) is 12.0. The third kappa shape index (κ3) is 4.87. The minimum atomic E-state index is -4.80. The van der Waals surface area contributed by atoms with Crippen LogP contribution in [-0.4, -0.2) is 12.1 Å². The van der Waals surface area contributed by atoms with Crippen LogP contribution in [0.15, 0.2) is 24.3 Å². The largest absolute Gasteiger partial charge is 0.573 e. The van der Waals surface area contributed by atoms with Crippen molar-refractivity contribution < 1.29 is 22.7 Å². The van der Waals surface area contributed by atoms with Crippen molar-refractivity contribution in [3.05, 3.63) is 29.8 Å². The number of rotatable bonds is 4. The maximum atomic E-state index is 12.3. The first-order valence-corrected chi connectivity index (χ1v) is 6.38. The molecule has 0 aliphatic rings. The lowest BCUT2D eigenvalue weighted by Crippen LogP contribution is -2.22. The Morgan fingerprint density at radius 3 is 2.25 bits per heavy atom. The Labute approximate surface area is 116 Å². The quantitative estimate of drug-likeness (QED) is 0.741. The number of hydrogen-bond acceptors (Lipinski definition) is 2. The first-order valence-electron chi connectivity index (χ1n) is 6.38. The Hall–Kier alpha value is -1.52. The molecule has 1 aromatic rings. The lowest BCUT2D eigenvalue weighted by atomic mass is 9.78. The summed E-state index contributed by atoms with van der Waals surface area (Å²) in [6.07, 6.45) is -4.62. The summed E-state index contributed by atoms with van der Waals surface area (Å²) >= 11 is 0. The average Bonchev–Trinajstić information content (AvgIpc) is 2.25. The smallest absolute Gasteiger partial charge is 0.405 e. The molecular formula is C15H19F3O2. The van der Waals surface area contributed by atoms with Gasteiger partial charge in [0.2, 0.25) is 0 Å². The summed E-state index contributed by atoms with van der Waals surface area (Å²) in [6, 6.07) is 5.45. The maximum Gasteiger partial charge on any atom is 0.573 e. The van der Waals surface area contributed by atoms with Crippen LogP contribution in [0.25, 0.3) is 0 Å². The Balaban J connectivity index is 2.94. The summed E-state index contributed by atoms with van der Waals surface area (Å²) in [6.45, 7) is 7.88. The van der Waals surface area contributed by atoms with Gasteiger partial charge in [-0.25, -0.2) is 0 Å². The molecule has 0 radical (unpaired) electrons. The van der Waals surface area contributed by atoms with Gasteiger partial charge in [0.1, 0.15) is 5.75 Å². The summed E-state index contributed by atoms with van der Waals surface area (Å²) in [5.41, 5.74) is -0.115. The highest BCUT2D eigenvalue weighted by Gasteiger charge is 2.33. The van der Waals surface area contributed by atoms with E-state index in [1.807, 2.05) is 27.7 Å². The molecule has 1 atom stereocenters. The molecule has 0 spiro atoms. The number of hydrogen-bond donors (Lipinski definition) is 0. The molecule has 0 aliphatic carbocycles. The van der Waals surface area contributed by atoms with Crippen LogP contribution in [0.2, 0.25) is 0 Å². The van der Waals surface area contributed by atoms with Gasteiger partial charge in [0.15, 0.2) is 5.78 Å². The fourth-order valence-corrected chi connectivity index (χ4v) is 1.60. The normalized spacial score (nSPS) is 13.9. The molecule has 0 fully saturated rings. The van der Waals surface area contributed by atoms with Gasteiger partial charge in [-0.05, 0) is 23.5 Å². The summed E-state index contributed by atoms with van der Waals surface area (Å²) in [4.78, 5) is 12.2. The molecule has 0 saturated heterocycles. The summed E-state index contributed by atoms with van der Waals surface area (Å²) in [5, 5.41) is 0. The van der Waals surface area contributed by atoms with Gasteiger partial charge in [-0.1, -0.05) is 39.8 Å². The van der Waals surface area contributed by atoms with Gasteiger partial charge in [-0.3, -0.25) is 4.79 Å². The number of alkyl halides is 3. The topological polar surface area (TPSA) is 26.3 Å². The molecule has 0 bridgehead atoms. The Morgan fingerprint density at radius 1 is 1.20 bits per heavy atom. The van der Waals surface area contributed by atoms with E-state index < -0.39 is 12.1 Å². The van der Waals surface area contributed by atoms with Gasteiger partial charge >= 0.3 is 6.36 Å². The van der Waals surface area contributed by atoms with Crippen LogP contribution < -0.4 is 4.74 Å². The summed E-state index contributed by atoms with van der Waals surface area (Å²) in [7, 11) is 0. The molecule has 1 aromatic carbocycles. The van der Waals surface area contributed by atoms with E-state index >= 15 is 0 Å². The zero-order chi connectivity index (χ0) is 15.6. The van der Waals surface area contributed by atoms with Gasteiger partial charge in [-0.15, -0.1) is 13.2 Å². The van der Waals surface area contributed by atoms with Crippen molar-refractivity contribution in [2.24, 2.45) is 11.3 Å². The lowest BCUT2D eigenvalue weighted by molar-refractivity contribution is -0.274. The molecule has 0 amide bonds. The first kappa shape index (κ1) is 16.5. The summed E-state index contributed by atoms with van der Waals surface area (Å²) < 4.78 is 40.8. The highest BCUT2D eigenvalue weighted by atomic mass is 19.4. The van der Waals surface area contributed by atoms with Gasteiger partial charge < -0.3 is 4.74 Å². The van der Waals surface area contributed by atoms with Crippen LogP contribution in [0.5, 0.6) is 5.75 Å². The molecule has 0 heterocycles.